The smallest absolute Gasteiger partial charge is 0.399 e. The van der Waals surface area contributed by atoms with Crippen molar-refractivity contribution in [3.8, 4) is 0 Å². The fourth-order valence-electron chi connectivity index (χ4n) is 4.71. The van der Waals surface area contributed by atoms with Gasteiger partial charge in [0.1, 0.15) is 5.82 Å². The van der Waals surface area contributed by atoms with Crippen LogP contribution in [0.25, 0.3) is 0 Å². The number of hydrogen-bond acceptors (Lipinski definition) is 6. The predicted molar refractivity (Wildman–Crippen MR) is 122 cm³/mol. The Labute approximate surface area is 200 Å². The van der Waals surface area contributed by atoms with Crippen molar-refractivity contribution in [1.29, 1.82) is 0 Å². The Morgan fingerprint density at radius 2 is 2.06 bits per heavy atom. The van der Waals surface area contributed by atoms with Crippen LogP contribution in [0.15, 0.2) is 18.2 Å². The van der Waals surface area contributed by atoms with Gasteiger partial charge in [0, 0.05) is 37.2 Å². The Hall–Kier alpha value is -2.59. The topological polar surface area (TPSA) is 93.4 Å². The second-order valence-electron chi connectivity index (χ2n) is 8.90. The second-order valence-corrected chi connectivity index (χ2v) is 9.23. The molecule has 2 aromatic rings. The van der Waals surface area contributed by atoms with E-state index in [1.807, 2.05) is 0 Å². The lowest BCUT2D eigenvalue weighted by atomic mass is 10.0. The first-order valence-electron chi connectivity index (χ1n) is 11.2. The lowest BCUT2D eigenvalue weighted by Gasteiger charge is -2.32. The summed E-state index contributed by atoms with van der Waals surface area (Å²) < 4.78 is 45.1. The lowest BCUT2D eigenvalue weighted by Crippen LogP contribution is -2.40. The third kappa shape index (κ3) is 5.22. The van der Waals surface area contributed by atoms with Crippen molar-refractivity contribution in [2.75, 3.05) is 24.7 Å². The summed E-state index contributed by atoms with van der Waals surface area (Å²) in [5.41, 5.74) is 6.73. The number of nitrogens with one attached hydrogen (secondary N) is 1. The highest BCUT2D eigenvalue weighted by Gasteiger charge is 2.35. The van der Waals surface area contributed by atoms with Crippen LogP contribution in [-0.2, 0) is 28.7 Å². The molecule has 34 heavy (non-hydrogen) atoms. The van der Waals surface area contributed by atoms with Gasteiger partial charge < -0.3 is 20.7 Å². The number of rotatable bonds is 5. The molecule has 1 aliphatic carbocycles. The van der Waals surface area contributed by atoms with Crippen LogP contribution >= 0.6 is 11.6 Å². The summed E-state index contributed by atoms with van der Waals surface area (Å²) in [6, 6.07) is 2.90. The van der Waals surface area contributed by atoms with Gasteiger partial charge in [-0.05, 0) is 61.5 Å². The molecule has 0 saturated heterocycles. The van der Waals surface area contributed by atoms with Crippen LogP contribution in [0.5, 0.6) is 0 Å². The highest BCUT2D eigenvalue weighted by atomic mass is 35.5. The monoisotopic (exact) mass is 497 g/mol. The van der Waals surface area contributed by atoms with Crippen LogP contribution in [0.4, 0.5) is 24.7 Å². The van der Waals surface area contributed by atoms with Crippen molar-refractivity contribution in [1.82, 2.24) is 14.9 Å². The van der Waals surface area contributed by atoms with Crippen LogP contribution in [0, 0.1) is 5.92 Å². The Balaban J connectivity index is 1.56. The molecular formula is C23H27ClF3N5O2. The van der Waals surface area contributed by atoms with Crippen molar-refractivity contribution in [3.63, 3.8) is 0 Å². The summed E-state index contributed by atoms with van der Waals surface area (Å²) in [6.07, 6.45) is -1.54. The van der Waals surface area contributed by atoms with E-state index in [-0.39, 0.29) is 28.9 Å². The number of nitrogen functional groups attached to an aromatic ring is 1. The van der Waals surface area contributed by atoms with Gasteiger partial charge in [0.25, 0.3) is 0 Å². The number of nitrogens with two attached hydrogens (primary N) is 1. The number of alkyl halides is 3. The highest BCUT2D eigenvalue weighted by Crippen LogP contribution is 2.35. The molecule has 0 bridgehead atoms. The van der Waals surface area contributed by atoms with E-state index in [0.29, 0.717) is 37.3 Å². The fraction of sp³-hybridized carbons (Fsp3) is 0.522. The largest absolute Gasteiger partial charge is 0.416 e. The minimum Gasteiger partial charge on any atom is -0.399 e. The van der Waals surface area contributed by atoms with Gasteiger partial charge >= 0.3 is 6.18 Å². The first-order valence-corrected chi connectivity index (χ1v) is 11.5. The number of aromatic nitrogens is 2. The maximum atomic E-state index is 13.3. The summed E-state index contributed by atoms with van der Waals surface area (Å²) in [5, 5.41) is 3.20. The number of carbonyl (C=O) groups is 1. The molecule has 2 aliphatic rings. The number of methoxy groups -OCH3 is 1. The van der Waals surface area contributed by atoms with Crippen molar-refractivity contribution in [2.24, 2.45) is 5.92 Å². The van der Waals surface area contributed by atoms with E-state index in [4.69, 9.17) is 22.1 Å². The van der Waals surface area contributed by atoms with Crippen molar-refractivity contribution in [2.45, 2.75) is 57.5 Å². The molecule has 1 amide bonds. The van der Waals surface area contributed by atoms with Gasteiger partial charge in [-0.2, -0.15) is 13.2 Å². The van der Waals surface area contributed by atoms with E-state index in [1.165, 1.54) is 6.07 Å². The van der Waals surface area contributed by atoms with Crippen molar-refractivity contribution in [3.05, 3.63) is 45.9 Å². The number of anilines is 2. The summed E-state index contributed by atoms with van der Waals surface area (Å²) >= 11 is 6.13. The molecule has 2 heterocycles. The highest BCUT2D eigenvalue weighted by molar-refractivity contribution is 6.28. The van der Waals surface area contributed by atoms with Crippen LogP contribution in [0.1, 0.15) is 54.6 Å². The molecule has 1 aromatic carbocycles. The summed E-state index contributed by atoms with van der Waals surface area (Å²) in [4.78, 5) is 23.5. The minimum absolute atomic E-state index is 0.0175. The molecule has 3 atom stereocenters. The molecule has 1 aromatic heterocycles. The standard InChI is InChI=1S/C23H27ClF3N5O2/c1-12(14-7-15(23(25,26)27)10-16(28)8-14)29-20-18-11-32(6-5-19(18)30-22(24)31-20)21(33)13-3-4-17(9-13)34-2/h7-8,10,12-13,17H,3-6,9,11,28H2,1-2H3,(H,29,30,31)/t12-,13?,17?/m1/s1. The van der Waals surface area contributed by atoms with Crippen LogP contribution in [0.3, 0.4) is 0 Å². The van der Waals surface area contributed by atoms with E-state index in [2.05, 4.69) is 15.3 Å². The zero-order valence-corrected chi connectivity index (χ0v) is 19.7. The zero-order valence-electron chi connectivity index (χ0n) is 19.0. The molecular weight excluding hydrogens is 471 g/mol. The number of carbonyl (C=O) groups excluding carboxylic acids is 1. The zero-order chi connectivity index (χ0) is 24.6. The number of amides is 1. The number of ether oxygens (including phenoxy) is 1. The van der Waals surface area contributed by atoms with E-state index in [1.54, 1.807) is 18.9 Å². The third-order valence-electron chi connectivity index (χ3n) is 6.57. The van der Waals surface area contributed by atoms with Gasteiger partial charge in [-0.15, -0.1) is 0 Å². The van der Waals surface area contributed by atoms with Gasteiger partial charge in [-0.3, -0.25) is 4.79 Å². The predicted octanol–water partition coefficient (Wildman–Crippen LogP) is 4.60. The van der Waals surface area contributed by atoms with Crippen LogP contribution < -0.4 is 11.1 Å². The van der Waals surface area contributed by atoms with E-state index < -0.39 is 17.8 Å². The summed E-state index contributed by atoms with van der Waals surface area (Å²) in [7, 11) is 1.66. The first-order chi connectivity index (χ1) is 16.0. The second kappa shape index (κ2) is 9.58. The van der Waals surface area contributed by atoms with Crippen LogP contribution in [-0.4, -0.2) is 40.5 Å². The Kier molecular flexibility index (Phi) is 6.91. The van der Waals surface area contributed by atoms with Crippen molar-refractivity contribution < 1.29 is 22.7 Å². The van der Waals surface area contributed by atoms with Gasteiger partial charge in [-0.25, -0.2) is 9.97 Å². The van der Waals surface area contributed by atoms with Gasteiger partial charge in [0.2, 0.25) is 11.2 Å². The summed E-state index contributed by atoms with van der Waals surface area (Å²) in [5.74, 6) is 0.394. The average Bonchev–Trinajstić information content (AvgIpc) is 3.26. The molecule has 1 aliphatic heterocycles. The number of fused-ring (bicyclic) bond motifs is 1. The normalized spacial score (nSPS) is 21.3. The maximum absolute atomic E-state index is 13.3. The fourth-order valence-corrected chi connectivity index (χ4v) is 4.89. The number of benzene rings is 1. The van der Waals surface area contributed by atoms with Gasteiger partial charge in [0.15, 0.2) is 0 Å². The minimum atomic E-state index is -4.51. The lowest BCUT2D eigenvalue weighted by molar-refractivity contribution is -0.138. The molecule has 0 spiro atoms. The Bertz CT molecular complexity index is 1080. The average molecular weight is 498 g/mol. The van der Waals surface area contributed by atoms with E-state index in [9.17, 15) is 18.0 Å². The van der Waals surface area contributed by atoms with E-state index >= 15 is 0 Å². The Morgan fingerprint density at radius 3 is 2.74 bits per heavy atom. The molecule has 0 radical (unpaired) electrons. The van der Waals surface area contributed by atoms with Gasteiger partial charge in [-0.1, -0.05) is 0 Å². The number of halogens is 4. The molecule has 1 saturated carbocycles. The molecule has 184 valence electrons. The van der Waals surface area contributed by atoms with E-state index in [0.717, 1.165) is 36.2 Å². The molecule has 7 nitrogen and oxygen atoms in total. The number of hydrogen-bond donors (Lipinski definition) is 2. The molecule has 2 unspecified atom stereocenters. The molecule has 11 heteroatoms. The number of nitrogens with zero attached hydrogens (tertiary/aromatic N) is 3. The first kappa shape index (κ1) is 24.5. The third-order valence-corrected chi connectivity index (χ3v) is 6.74. The molecule has 1 fully saturated rings. The summed E-state index contributed by atoms with van der Waals surface area (Å²) in [6.45, 7) is 2.54. The SMILES string of the molecule is COC1CCC(C(=O)N2CCc3nc(Cl)nc(N[C@H](C)c4cc(N)cc(C(F)(F)F)c4)c3C2)C1. The Morgan fingerprint density at radius 1 is 1.29 bits per heavy atom. The van der Waals surface area contributed by atoms with Gasteiger partial charge in [0.05, 0.1) is 29.9 Å². The van der Waals surface area contributed by atoms with Crippen LogP contribution in [0.2, 0.25) is 5.28 Å². The maximum Gasteiger partial charge on any atom is 0.416 e. The quantitative estimate of drug-likeness (QED) is 0.463. The molecule has 4 rings (SSSR count). The van der Waals surface area contributed by atoms with Crippen molar-refractivity contribution >= 4 is 29.0 Å². The molecule has 3 N–H and O–H groups in total.